The Labute approximate surface area is 185 Å². The molecule has 0 radical (unpaired) electrons. The number of benzene rings is 2. The number of imide groups is 1. The average molecular weight is 455 g/mol. The predicted molar refractivity (Wildman–Crippen MR) is 119 cm³/mol. The Bertz CT molecular complexity index is 1210. The van der Waals surface area contributed by atoms with Gasteiger partial charge in [-0.3, -0.25) is 19.3 Å². The minimum absolute atomic E-state index is 0.0383. The van der Waals surface area contributed by atoms with Crippen LogP contribution in [0, 0.1) is 0 Å². The van der Waals surface area contributed by atoms with Crippen LogP contribution in [0.3, 0.4) is 0 Å². The average Bonchev–Trinajstić information content (AvgIpc) is 3.32. The maximum absolute atomic E-state index is 12.6. The standard InChI is InChI=1S/C22H22N4O5S/c1-25-13-3-6-19(25)24-32(30,31)18-9-7-16(8-10-18)23-22(29)15-4-2-5-17(14-15)26-20(27)11-12-21(26)28/h2,4-5,7-10,14H,3,6,11-13H2,1H3,(H,23,29)/b24-19+. The van der Waals surface area contributed by atoms with Crippen LogP contribution in [0.2, 0.25) is 0 Å². The van der Waals surface area contributed by atoms with E-state index in [1.165, 1.54) is 30.3 Å². The lowest BCUT2D eigenvalue weighted by Crippen LogP contribution is -2.28. The highest BCUT2D eigenvalue weighted by Crippen LogP contribution is 2.24. The molecule has 4 rings (SSSR count). The van der Waals surface area contributed by atoms with E-state index in [1.807, 2.05) is 11.9 Å². The first-order chi connectivity index (χ1) is 15.2. The number of carbonyl (C=O) groups excluding carboxylic acids is 3. The van der Waals surface area contributed by atoms with E-state index in [-0.39, 0.29) is 35.1 Å². The normalized spacial score (nSPS) is 18.0. The summed E-state index contributed by atoms with van der Waals surface area (Å²) >= 11 is 0. The number of amides is 3. The maximum atomic E-state index is 12.6. The topological polar surface area (TPSA) is 116 Å². The molecule has 2 fully saturated rings. The molecule has 0 aromatic heterocycles. The van der Waals surface area contributed by atoms with Gasteiger partial charge in [0.25, 0.3) is 15.9 Å². The third kappa shape index (κ3) is 4.40. The van der Waals surface area contributed by atoms with E-state index in [0.29, 0.717) is 23.6 Å². The zero-order valence-electron chi connectivity index (χ0n) is 17.4. The van der Waals surface area contributed by atoms with Gasteiger partial charge in [0.1, 0.15) is 5.84 Å². The minimum atomic E-state index is -3.84. The third-order valence-corrected chi connectivity index (χ3v) is 6.71. The van der Waals surface area contributed by atoms with Crippen molar-refractivity contribution in [1.29, 1.82) is 0 Å². The van der Waals surface area contributed by atoms with Crippen molar-refractivity contribution in [2.45, 2.75) is 30.6 Å². The zero-order chi connectivity index (χ0) is 22.9. The second-order valence-corrected chi connectivity index (χ2v) is 9.26. The lowest BCUT2D eigenvalue weighted by atomic mass is 10.1. The molecule has 2 saturated heterocycles. The van der Waals surface area contributed by atoms with E-state index in [2.05, 4.69) is 9.71 Å². The van der Waals surface area contributed by atoms with Gasteiger partial charge in [-0.05, 0) is 48.9 Å². The predicted octanol–water partition coefficient (Wildman–Crippen LogP) is 2.41. The Morgan fingerprint density at radius 3 is 2.31 bits per heavy atom. The zero-order valence-corrected chi connectivity index (χ0v) is 18.3. The van der Waals surface area contributed by atoms with Gasteiger partial charge in [0.05, 0.1) is 10.6 Å². The number of nitrogens with zero attached hydrogens (tertiary/aromatic N) is 3. The van der Waals surface area contributed by atoms with E-state index in [9.17, 15) is 22.8 Å². The van der Waals surface area contributed by atoms with Crippen LogP contribution in [0.15, 0.2) is 57.8 Å². The molecule has 0 bridgehead atoms. The number of anilines is 2. The van der Waals surface area contributed by atoms with Gasteiger partial charge >= 0.3 is 0 Å². The lowest BCUT2D eigenvalue weighted by Gasteiger charge is -2.15. The number of hydrogen-bond donors (Lipinski definition) is 1. The number of sulfonamides is 1. The summed E-state index contributed by atoms with van der Waals surface area (Å²) in [4.78, 5) is 39.5. The second-order valence-electron chi connectivity index (χ2n) is 7.66. The van der Waals surface area contributed by atoms with Crippen LogP contribution in [0.5, 0.6) is 0 Å². The van der Waals surface area contributed by atoms with Gasteiger partial charge in [-0.15, -0.1) is 4.40 Å². The first-order valence-corrected chi connectivity index (χ1v) is 11.6. The highest BCUT2D eigenvalue weighted by atomic mass is 32.2. The molecule has 3 amide bonds. The Morgan fingerprint density at radius 2 is 1.69 bits per heavy atom. The molecular weight excluding hydrogens is 432 g/mol. The van der Waals surface area contributed by atoms with Gasteiger partial charge in [0.2, 0.25) is 11.8 Å². The van der Waals surface area contributed by atoms with Crippen molar-refractivity contribution in [3.05, 3.63) is 54.1 Å². The van der Waals surface area contributed by atoms with Gasteiger partial charge in [-0.2, -0.15) is 8.42 Å². The third-order valence-electron chi connectivity index (χ3n) is 5.39. The molecule has 0 aliphatic carbocycles. The number of rotatable bonds is 5. The van der Waals surface area contributed by atoms with Gasteiger partial charge < -0.3 is 10.2 Å². The quantitative estimate of drug-likeness (QED) is 0.694. The van der Waals surface area contributed by atoms with Crippen molar-refractivity contribution in [2.75, 3.05) is 23.8 Å². The van der Waals surface area contributed by atoms with Gasteiger partial charge in [-0.25, -0.2) is 0 Å². The summed E-state index contributed by atoms with van der Waals surface area (Å²) in [6.07, 6.45) is 1.81. The van der Waals surface area contributed by atoms with Crippen molar-refractivity contribution in [3.8, 4) is 0 Å². The number of amidine groups is 1. The Hall–Kier alpha value is -3.53. The number of nitrogens with one attached hydrogen (secondary N) is 1. The SMILES string of the molecule is CN1CCC/C1=N\S(=O)(=O)c1ccc(NC(=O)c2cccc(N3C(=O)CCC3=O)c2)cc1. The van der Waals surface area contributed by atoms with Gasteiger partial charge in [0.15, 0.2) is 0 Å². The molecule has 2 aliphatic heterocycles. The number of hydrogen-bond acceptors (Lipinski definition) is 5. The fourth-order valence-electron chi connectivity index (χ4n) is 3.67. The van der Waals surface area contributed by atoms with E-state index < -0.39 is 15.9 Å². The number of likely N-dealkylation sites (tertiary alicyclic amines) is 1. The smallest absolute Gasteiger partial charge is 0.283 e. The first kappa shape index (κ1) is 21.7. The van der Waals surface area contributed by atoms with Crippen molar-refractivity contribution < 1.29 is 22.8 Å². The molecule has 0 atom stereocenters. The van der Waals surface area contributed by atoms with E-state index >= 15 is 0 Å². The summed E-state index contributed by atoms with van der Waals surface area (Å²) in [5, 5.41) is 2.69. The molecule has 1 N–H and O–H groups in total. The molecule has 10 heteroatoms. The molecule has 2 aromatic rings. The highest BCUT2D eigenvalue weighted by molar-refractivity contribution is 7.90. The summed E-state index contributed by atoms with van der Waals surface area (Å²) < 4.78 is 29.0. The monoisotopic (exact) mass is 454 g/mol. The van der Waals surface area contributed by atoms with Crippen LogP contribution in [0.1, 0.15) is 36.0 Å². The van der Waals surface area contributed by atoms with Crippen molar-refractivity contribution in [3.63, 3.8) is 0 Å². The summed E-state index contributed by atoms with van der Waals surface area (Å²) in [6.45, 7) is 0.778. The van der Waals surface area contributed by atoms with E-state index in [4.69, 9.17) is 0 Å². The van der Waals surface area contributed by atoms with Crippen LogP contribution in [-0.2, 0) is 19.6 Å². The Morgan fingerprint density at radius 1 is 1.00 bits per heavy atom. The van der Waals surface area contributed by atoms with Crippen LogP contribution in [-0.4, -0.2) is 50.5 Å². The number of carbonyl (C=O) groups is 3. The molecule has 9 nitrogen and oxygen atoms in total. The fourth-order valence-corrected chi connectivity index (χ4v) is 4.76. The first-order valence-electron chi connectivity index (χ1n) is 10.2. The molecular formula is C22H22N4O5S. The molecule has 0 spiro atoms. The van der Waals surface area contributed by atoms with Crippen molar-refractivity contribution in [1.82, 2.24) is 4.90 Å². The van der Waals surface area contributed by atoms with Crippen LogP contribution in [0.4, 0.5) is 11.4 Å². The molecule has 2 heterocycles. The largest absolute Gasteiger partial charge is 0.362 e. The summed E-state index contributed by atoms with van der Waals surface area (Å²) in [5.74, 6) is -0.500. The molecule has 0 saturated carbocycles. The fraction of sp³-hybridized carbons (Fsp3) is 0.273. The van der Waals surface area contributed by atoms with Gasteiger partial charge in [-0.1, -0.05) is 6.07 Å². The van der Waals surface area contributed by atoms with Crippen LogP contribution < -0.4 is 10.2 Å². The summed E-state index contributed by atoms with van der Waals surface area (Å²) in [7, 11) is -2.03. The second kappa shape index (κ2) is 8.54. The van der Waals surface area contributed by atoms with Crippen molar-refractivity contribution >= 4 is 45.0 Å². The summed E-state index contributed by atoms with van der Waals surface area (Å²) in [6, 6.07) is 12.0. The van der Waals surface area contributed by atoms with E-state index in [1.54, 1.807) is 18.2 Å². The molecule has 2 aromatic carbocycles. The molecule has 32 heavy (non-hydrogen) atoms. The van der Waals surface area contributed by atoms with Gasteiger partial charge in [0, 0.05) is 44.1 Å². The molecule has 0 unspecified atom stereocenters. The summed E-state index contributed by atoms with van der Waals surface area (Å²) in [5.41, 5.74) is 1.02. The van der Waals surface area contributed by atoms with E-state index in [0.717, 1.165) is 17.9 Å². The Kier molecular flexibility index (Phi) is 5.79. The highest BCUT2D eigenvalue weighted by Gasteiger charge is 2.30. The molecule has 2 aliphatic rings. The van der Waals surface area contributed by atoms with Crippen LogP contribution >= 0.6 is 0 Å². The minimum Gasteiger partial charge on any atom is -0.362 e. The Balaban J connectivity index is 1.48. The lowest BCUT2D eigenvalue weighted by molar-refractivity contribution is -0.121. The maximum Gasteiger partial charge on any atom is 0.283 e. The molecule has 166 valence electrons. The van der Waals surface area contributed by atoms with Crippen LogP contribution in [0.25, 0.3) is 0 Å². The van der Waals surface area contributed by atoms with Crippen molar-refractivity contribution in [2.24, 2.45) is 4.40 Å².